The van der Waals surface area contributed by atoms with Crippen molar-refractivity contribution in [1.82, 2.24) is 20.2 Å². The van der Waals surface area contributed by atoms with Gasteiger partial charge in [0.2, 0.25) is 11.1 Å². The topological polar surface area (TPSA) is 85.8 Å². The number of halogens is 1. The number of nitrogens with zero attached hydrogens (tertiary/aromatic N) is 3. The lowest BCUT2D eigenvalue weighted by Gasteiger charge is -2.57. The monoisotopic (exact) mass is 415 g/mol. The van der Waals surface area contributed by atoms with E-state index in [1.54, 1.807) is 18.2 Å². The zero-order valence-electron chi connectivity index (χ0n) is 16.5. The number of rotatable bonds is 5. The summed E-state index contributed by atoms with van der Waals surface area (Å²) < 4.78 is 15.3. The van der Waals surface area contributed by atoms with Gasteiger partial charge >= 0.3 is 0 Å². The molecule has 4 fully saturated rings. The molecular weight excluding hydrogens is 389 g/mol. The average molecular weight is 416 g/mol. The van der Waals surface area contributed by atoms with Crippen LogP contribution in [0, 0.1) is 23.6 Å². The van der Waals surface area contributed by atoms with Crippen LogP contribution in [-0.4, -0.2) is 31.6 Å². The number of hydrogen-bond acceptors (Lipinski definition) is 5. The Hall–Kier alpha value is -2.09. The predicted molar refractivity (Wildman–Crippen MR) is 110 cm³/mol. The molecule has 1 heterocycles. The highest BCUT2D eigenvalue weighted by atomic mass is 32.2. The fraction of sp³-hybridized carbons (Fsp3) is 0.571. The van der Waals surface area contributed by atoms with Gasteiger partial charge < -0.3 is 11.2 Å². The van der Waals surface area contributed by atoms with Crippen LogP contribution in [0.15, 0.2) is 29.4 Å². The number of hydrogen-bond donors (Lipinski definition) is 2. The van der Waals surface area contributed by atoms with E-state index in [-0.39, 0.29) is 22.5 Å². The van der Waals surface area contributed by atoms with Crippen molar-refractivity contribution in [3.05, 3.63) is 30.1 Å². The van der Waals surface area contributed by atoms with E-state index >= 15 is 0 Å². The van der Waals surface area contributed by atoms with Gasteiger partial charge in [0.15, 0.2) is 5.82 Å². The maximum absolute atomic E-state index is 14.1. The number of aromatic nitrogens is 3. The molecule has 1 aromatic heterocycles. The number of amides is 1. The first-order chi connectivity index (χ1) is 13.9. The first-order valence-electron chi connectivity index (χ1n) is 10.4. The highest BCUT2D eigenvalue weighted by Crippen LogP contribution is 2.55. The van der Waals surface area contributed by atoms with Crippen molar-refractivity contribution in [3.8, 4) is 11.4 Å². The number of carbonyl (C=O) groups excluding carboxylic acids is 1. The molecule has 4 bridgehead atoms. The number of thioether (sulfide) groups is 1. The minimum Gasteiger partial charge on any atom is -0.350 e. The first-order valence-corrected chi connectivity index (χ1v) is 11.2. The molecule has 0 unspecified atom stereocenters. The van der Waals surface area contributed by atoms with Gasteiger partial charge in [-0.05, 0) is 75.3 Å². The van der Waals surface area contributed by atoms with Crippen LogP contribution in [-0.2, 0) is 4.79 Å². The van der Waals surface area contributed by atoms with E-state index < -0.39 is 5.82 Å². The second kappa shape index (κ2) is 7.00. The van der Waals surface area contributed by atoms with Crippen LogP contribution in [0.1, 0.15) is 45.4 Å². The van der Waals surface area contributed by atoms with Gasteiger partial charge in [0.05, 0.1) is 10.8 Å². The molecule has 4 aliphatic carbocycles. The van der Waals surface area contributed by atoms with E-state index in [0.29, 0.717) is 10.7 Å². The molecule has 1 aromatic carbocycles. The van der Waals surface area contributed by atoms with Crippen LogP contribution in [0.4, 0.5) is 4.39 Å². The summed E-state index contributed by atoms with van der Waals surface area (Å²) in [5, 5.41) is 11.6. The van der Waals surface area contributed by atoms with Gasteiger partial charge in [-0.15, -0.1) is 10.2 Å². The number of nitrogens with two attached hydrogens (primary N) is 1. The molecule has 0 aliphatic heterocycles. The molecule has 0 radical (unpaired) electrons. The van der Waals surface area contributed by atoms with Gasteiger partial charge in [0, 0.05) is 5.54 Å². The van der Waals surface area contributed by atoms with Crippen molar-refractivity contribution in [3.63, 3.8) is 0 Å². The zero-order valence-corrected chi connectivity index (χ0v) is 17.3. The lowest BCUT2D eigenvalue weighted by Crippen LogP contribution is -2.60. The Balaban J connectivity index is 1.28. The van der Waals surface area contributed by atoms with Crippen molar-refractivity contribution >= 4 is 17.7 Å². The van der Waals surface area contributed by atoms with Gasteiger partial charge in [0.25, 0.3) is 0 Å². The van der Waals surface area contributed by atoms with Crippen molar-refractivity contribution in [2.24, 2.45) is 17.8 Å². The Kier molecular flexibility index (Phi) is 4.57. The molecule has 1 atom stereocenters. The lowest BCUT2D eigenvalue weighted by molar-refractivity contribution is -0.126. The quantitative estimate of drug-likeness (QED) is 0.578. The number of nitrogen functional groups attached to an aromatic ring is 1. The Morgan fingerprint density at radius 3 is 2.45 bits per heavy atom. The van der Waals surface area contributed by atoms with E-state index in [1.165, 1.54) is 41.8 Å². The van der Waals surface area contributed by atoms with Crippen molar-refractivity contribution in [2.75, 3.05) is 5.84 Å². The predicted octanol–water partition coefficient (Wildman–Crippen LogP) is 3.36. The van der Waals surface area contributed by atoms with Gasteiger partial charge in [-0.3, -0.25) is 4.79 Å². The smallest absolute Gasteiger partial charge is 0.233 e. The highest BCUT2D eigenvalue weighted by molar-refractivity contribution is 8.00. The van der Waals surface area contributed by atoms with E-state index in [4.69, 9.17) is 5.84 Å². The highest BCUT2D eigenvalue weighted by Gasteiger charge is 2.51. The van der Waals surface area contributed by atoms with Gasteiger partial charge in [-0.25, -0.2) is 9.07 Å². The van der Waals surface area contributed by atoms with Crippen LogP contribution in [0.25, 0.3) is 11.4 Å². The molecule has 3 N–H and O–H groups in total. The Morgan fingerprint density at radius 1 is 1.21 bits per heavy atom. The second-order valence-electron chi connectivity index (χ2n) is 9.10. The molecule has 29 heavy (non-hydrogen) atoms. The summed E-state index contributed by atoms with van der Waals surface area (Å²) >= 11 is 1.26. The molecule has 2 aromatic rings. The summed E-state index contributed by atoms with van der Waals surface area (Å²) in [7, 11) is 0. The SMILES string of the molecule is C[C@H](Sc1nnc(-c2ccccc2F)n1N)C(=O)NC12CC3CC(CC(C3)C1)C2. The van der Waals surface area contributed by atoms with E-state index in [2.05, 4.69) is 15.5 Å². The molecule has 0 spiro atoms. The van der Waals surface area contributed by atoms with Crippen molar-refractivity contribution in [2.45, 2.75) is 61.4 Å². The molecular formula is C21H26FN5OS. The summed E-state index contributed by atoms with van der Waals surface area (Å²) in [6, 6.07) is 6.31. The molecule has 4 aliphatic rings. The van der Waals surface area contributed by atoms with Gasteiger partial charge in [-0.1, -0.05) is 23.9 Å². The van der Waals surface area contributed by atoms with Gasteiger partial charge in [0.1, 0.15) is 5.82 Å². The largest absolute Gasteiger partial charge is 0.350 e. The molecule has 154 valence electrons. The fourth-order valence-electron chi connectivity index (χ4n) is 6.02. The minimum absolute atomic E-state index is 0.0185. The second-order valence-corrected chi connectivity index (χ2v) is 10.4. The van der Waals surface area contributed by atoms with Crippen LogP contribution in [0.3, 0.4) is 0 Å². The normalized spacial score (nSPS) is 31.0. The van der Waals surface area contributed by atoms with E-state index in [1.807, 2.05) is 6.92 Å². The summed E-state index contributed by atoms with van der Waals surface area (Å²) in [6.07, 6.45) is 7.38. The molecule has 0 saturated heterocycles. The summed E-state index contributed by atoms with van der Waals surface area (Å²) in [4.78, 5) is 13.0. The first kappa shape index (κ1) is 18.9. The number of nitrogens with one attached hydrogen (secondary N) is 1. The summed E-state index contributed by atoms with van der Waals surface area (Å²) in [5.41, 5.74) is 0.273. The third-order valence-corrected chi connectivity index (χ3v) is 7.91. The molecule has 6 rings (SSSR count). The molecule has 8 heteroatoms. The maximum atomic E-state index is 14.1. The molecule has 6 nitrogen and oxygen atoms in total. The zero-order chi connectivity index (χ0) is 20.2. The van der Waals surface area contributed by atoms with Crippen LogP contribution >= 0.6 is 11.8 Å². The van der Waals surface area contributed by atoms with Crippen molar-refractivity contribution < 1.29 is 9.18 Å². The Bertz CT molecular complexity index is 910. The van der Waals surface area contributed by atoms with Crippen molar-refractivity contribution in [1.29, 1.82) is 0 Å². The fourth-order valence-corrected chi connectivity index (χ4v) is 6.79. The van der Waals surface area contributed by atoms with Gasteiger partial charge in [-0.2, -0.15) is 0 Å². The maximum Gasteiger partial charge on any atom is 0.233 e. The summed E-state index contributed by atoms with van der Waals surface area (Å²) in [5.74, 6) is 8.31. The standard InChI is InChI=1S/C21H26FN5OS/c1-12(19(28)24-21-9-13-6-14(10-21)8-15(7-13)11-21)29-20-26-25-18(27(20)23)16-4-2-3-5-17(16)22/h2-5,12-15H,6-11,23H2,1H3,(H,24,28)/t12-,13?,14?,15?,21?/m0/s1. The van der Waals surface area contributed by atoms with Crippen LogP contribution in [0.5, 0.6) is 0 Å². The third kappa shape index (κ3) is 3.41. The Morgan fingerprint density at radius 2 is 1.83 bits per heavy atom. The van der Waals surface area contributed by atoms with E-state index in [0.717, 1.165) is 37.0 Å². The van der Waals surface area contributed by atoms with E-state index in [9.17, 15) is 9.18 Å². The van der Waals surface area contributed by atoms with Crippen LogP contribution < -0.4 is 11.2 Å². The van der Waals surface area contributed by atoms with Crippen LogP contribution in [0.2, 0.25) is 0 Å². The third-order valence-electron chi connectivity index (χ3n) is 6.86. The Labute approximate surface area is 173 Å². The number of carbonyl (C=O) groups is 1. The lowest BCUT2D eigenvalue weighted by atomic mass is 9.53. The summed E-state index contributed by atoms with van der Waals surface area (Å²) in [6.45, 7) is 1.86. The minimum atomic E-state index is -0.407. The molecule has 1 amide bonds. The number of benzene rings is 1. The molecule has 4 saturated carbocycles. The average Bonchev–Trinajstić information content (AvgIpc) is 3.01.